The molecule has 2 N–H and O–H groups in total. The fraction of sp³-hybridized carbons (Fsp3) is 0.286. The first kappa shape index (κ1) is 19.6. The highest BCUT2D eigenvalue weighted by Crippen LogP contribution is 2.36. The van der Waals surface area contributed by atoms with E-state index in [2.05, 4.69) is 14.9 Å². The van der Waals surface area contributed by atoms with Crippen LogP contribution >= 0.6 is 0 Å². The third kappa shape index (κ3) is 4.29. The number of imidazole rings is 1. The maximum atomic E-state index is 12.7. The summed E-state index contributed by atoms with van der Waals surface area (Å²) in [7, 11) is 0. The molecule has 0 radical (unpaired) electrons. The Balaban J connectivity index is 1.51. The first-order chi connectivity index (χ1) is 14.6. The number of fused-ring (bicyclic) bond motifs is 1. The summed E-state index contributed by atoms with van der Waals surface area (Å²) >= 11 is 0. The van der Waals surface area contributed by atoms with Gasteiger partial charge in [0.05, 0.1) is 36.4 Å². The van der Waals surface area contributed by atoms with Crippen molar-refractivity contribution in [2.24, 2.45) is 0 Å². The van der Waals surface area contributed by atoms with Gasteiger partial charge < -0.3 is 19.4 Å². The molecule has 0 spiro atoms. The van der Waals surface area contributed by atoms with Crippen molar-refractivity contribution in [2.45, 2.75) is 20.1 Å². The monoisotopic (exact) mass is 410 g/mol. The number of pyridine rings is 1. The molecule has 1 aliphatic rings. The van der Waals surface area contributed by atoms with E-state index in [-0.39, 0.29) is 6.61 Å². The first-order valence-corrected chi connectivity index (χ1v) is 9.77. The average Bonchev–Trinajstić information content (AvgIpc) is 3.26. The third-order valence-electron chi connectivity index (χ3n) is 4.88. The lowest BCUT2D eigenvalue weighted by Crippen LogP contribution is -2.34. The standard InChI is InChI=1S/C21H24N5O4/c1-2-26(21(27)30-14-16-4-3-7-25(28)12-16)18-5-6-20-19(10-18)24(8-9-29-20)13-17-11-22-15-23-17/h3-7,10-12,15,28H,2,8-9,13-14H2,1H3,(H,22,23)/q+1. The summed E-state index contributed by atoms with van der Waals surface area (Å²) in [5, 5.41) is 9.48. The second-order valence-electron chi connectivity index (χ2n) is 6.89. The average molecular weight is 410 g/mol. The number of benzene rings is 1. The molecule has 4 rings (SSSR count). The molecule has 156 valence electrons. The number of aromatic nitrogens is 3. The Labute approximate surface area is 174 Å². The fourth-order valence-electron chi connectivity index (χ4n) is 3.41. The van der Waals surface area contributed by atoms with Crippen LogP contribution in [0, 0.1) is 0 Å². The van der Waals surface area contributed by atoms with Gasteiger partial charge in [0.25, 0.3) is 0 Å². The maximum Gasteiger partial charge on any atom is 0.414 e. The Bertz CT molecular complexity index is 1010. The highest BCUT2D eigenvalue weighted by Gasteiger charge is 2.23. The van der Waals surface area contributed by atoms with Gasteiger partial charge in [-0.1, -0.05) is 0 Å². The van der Waals surface area contributed by atoms with Crippen LogP contribution in [0.5, 0.6) is 5.75 Å². The Hall–Kier alpha value is -3.75. The van der Waals surface area contributed by atoms with Crippen LogP contribution in [0.25, 0.3) is 0 Å². The van der Waals surface area contributed by atoms with Crippen LogP contribution in [0.4, 0.5) is 16.2 Å². The van der Waals surface area contributed by atoms with E-state index in [4.69, 9.17) is 9.47 Å². The van der Waals surface area contributed by atoms with E-state index in [0.717, 1.165) is 34.1 Å². The number of hydrogen-bond acceptors (Lipinski definition) is 6. The molecule has 3 aromatic rings. The fourth-order valence-corrected chi connectivity index (χ4v) is 3.41. The molecular formula is C21H24N5O4+. The normalized spacial score (nSPS) is 12.8. The quantitative estimate of drug-likeness (QED) is 0.479. The second-order valence-corrected chi connectivity index (χ2v) is 6.89. The Kier molecular flexibility index (Phi) is 5.69. The summed E-state index contributed by atoms with van der Waals surface area (Å²) in [5.41, 5.74) is 3.34. The number of amides is 1. The summed E-state index contributed by atoms with van der Waals surface area (Å²) in [4.78, 5) is 23.7. The molecule has 1 aromatic carbocycles. The van der Waals surface area contributed by atoms with Gasteiger partial charge in [0.1, 0.15) is 19.0 Å². The third-order valence-corrected chi connectivity index (χ3v) is 4.88. The van der Waals surface area contributed by atoms with Crippen molar-refractivity contribution in [3.05, 3.63) is 66.5 Å². The SMILES string of the molecule is CCN(C(=O)OCc1ccc[n+](O)c1)c1ccc2c(c1)N(Cc1cnc[nH]1)CCO2. The molecule has 0 saturated carbocycles. The van der Waals surface area contributed by atoms with E-state index in [9.17, 15) is 10.0 Å². The summed E-state index contributed by atoms with van der Waals surface area (Å²) in [6.45, 7) is 4.42. The van der Waals surface area contributed by atoms with Gasteiger partial charge in [-0.2, -0.15) is 0 Å². The van der Waals surface area contributed by atoms with E-state index in [1.54, 1.807) is 29.6 Å². The lowest BCUT2D eigenvalue weighted by molar-refractivity contribution is -0.905. The van der Waals surface area contributed by atoms with Crippen molar-refractivity contribution in [3.63, 3.8) is 0 Å². The number of anilines is 2. The smallest absolute Gasteiger partial charge is 0.414 e. The van der Waals surface area contributed by atoms with Crippen LogP contribution in [0.2, 0.25) is 0 Å². The summed E-state index contributed by atoms with van der Waals surface area (Å²) < 4.78 is 12.2. The van der Waals surface area contributed by atoms with Crippen LogP contribution in [0.3, 0.4) is 0 Å². The molecule has 0 atom stereocenters. The van der Waals surface area contributed by atoms with Crippen LogP contribution in [0.1, 0.15) is 18.2 Å². The van der Waals surface area contributed by atoms with Crippen molar-refractivity contribution >= 4 is 17.5 Å². The van der Waals surface area contributed by atoms with E-state index < -0.39 is 6.09 Å². The molecule has 0 bridgehead atoms. The summed E-state index contributed by atoms with van der Waals surface area (Å²) in [5.74, 6) is 0.783. The minimum absolute atomic E-state index is 0.0662. The van der Waals surface area contributed by atoms with Crippen LogP contribution in [0.15, 0.2) is 55.2 Å². The van der Waals surface area contributed by atoms with Crippen molar-refractivity contribution in [2.75, 3.05) is 29.5 Å². The zero-order valence-corrected chi connectivity index (χ0v) is 16.7. The minimum atomic E-state index is -0.456. The zero-order valence-electron chi connectivity index (χ0n) is 16.7. The molecular weight excluding hydrogens is 386 g/mol. The van der Waals surface area contributed by atoms with Gasteiger partial charge in [0.2, 0.25) is 12.4 Å². The van der Waals surface area contributed by atoms with Gasteiger partial charge in [-0.15, -0.1) is 0 Å². The lowest BCUT2D eigenvalue weighted by Gasteiger charge is -2.32. The van der Waals surface area contributed by atoms with Crippen LogP contribution < -0.4 is 19.3 Å². The molecule has 2 aromatic heterocycles. The number of rotatable bonds is 6. The Morgan fingerprint density at radius 1 is 1.43 bits per heavy atom. The predicted octanol–water partition coefficient (Wildman–Crippen LogP) is 2.50. The highest BCUT2D eigenvalue weighted by atomic mass is 16.6. The number of nitrogens with one attached hydrogen (secondary N) is 1. The van der Waals surface area contributed by atoms with E-state index >= 15 is 0 Å². The molecule has 30 heavy (non-hydrogen) atoms. The molecule has 1 amide bonds. The van der Waals surface area contributed by atoms with Gasteiger partial charge in [0.15, 0.2) is 0 Å². The first-order valence-electron chi connectivity index (χ1n) is 9.77. The molecule has 9 heteroatoms. The zero-order chi connectivity index (χ0) is 20.9. The number of carbonyl (C=O) groups excluding carboxylic acids is 1. The topological polar surface area (TPSA) is 94.8 Å². The van der Waals surface area contributed by atoms with E-state index in [1.807, 2.05) is 25.1 Å². The van der Waals surface area contributed by atoms with E-state index in [0.29, 0.717) is 25.3 Å². The van der Waals surface area contributed by atoms with Gasteiger partial charge in [0, 0.05) is 29.2 Å². The van der Waals surface area contributed by atoms with Crippen molar-refractivity contribution < 1.29 is 24.2 Å². The van der Waals surface area contributed by atoms with Crippen molar-refractivity contribution in [1.82, 2.24) is 9.97 Å². The van der Waals surface area contributed by atoms with Crippen LogP contribution in [-0.2, 0) is 17.9 Å². The van der Waals surface area contributed by atoms with Gasteiger partial charge >= 0.3 is 6.09 Å². The van der Waals surface area contributed by atoms with Gasteiger partial charge in [-0.05, 0) is 31.2 Å². The largest absolute Gasteiger partial charge is 0.490 e. The number of H-pyrrole nitrogens is 1. The summed E-state index contributed by atoms with van der Waals surface area (Å²) in [6, 6.07) is 9.14. The van der Waals surface area contributed by atoms with Crippen molar-refractivity contribution in [1.29, 1.82) is 0 Å². The van der Waals surface area contributed by atoms with Gasteiger partial charge in [-0.25, -0.2) is 9.78 Å². The number of carbonyl (C=O) groups is 1. The molecule has 1 aliphatic heterocycles. The highest BCUT2D eigenvalue weighted by molar-refractivity contribution is 5.89. The molecule has 9 nitrogen and oxygen atoms in total. The lowest BCUT2D eigenvalue weighted by atomic mass is 10.2. The second kappa shape index (κ2) is 8.73. The number of hydrogen-bond donors (Lipinski definition) is 2. The van der Waals surface area contributed by atoms with Crippen molar-refractivity contribution in [3.8, 4) is 5.75 Å². The molecule has 0 unspecified atom stereocenters. The maximum absolute atomic E-state index is 12.7. The summed E-state index contributed by atoms with van der Waals surface area (Å²) in [6.07, 6.45) is 5.99. The molecule has 3 heterocycles. The van der Waals surface area contributed by atoms with E-state index in [1.165, 1.54) is 12.4 Å². The van der Waals surface area contributed by atoms with Gasteiger partial charge in [-0.3, -0.25) is 10.1 Å². The van der Waals surface area contributed by atoms with Crippen LogP contribution in [-0.4, -0.2) is 41.0 Å². The predicted molar refractivity (Wildman–Crippen MR) is 109 cm³/mol. The number of aromatic amines is 1. The molecule has 0 aliphatic carbocycles. The molecule has 0 fully saturated rings. The Morgan fingerprint density at radius 3 is 3.10 bits per heavy atom. The molecule has 0 saturated heterocycles. The number of nitrogens with zero attached hydrogens (tertiary/aromatic N) is 4. The Morgan fingerprint density at radius 2 is 2.33 bits per heavy atom. The minimum Gasteiger partial charge on any atom is -0.490 e. The number of ether oxygens (including phenoxy) is 2.